The van der Waals surface area contributed by atoms with Crippen LogP contribution < -0.4 is 5.14 Å². The zero-order valence-corrected chi connectivity index (χ0v) is 13.8. The van der Waals surface area contributed by atoms with Crippen LogP contribution in [0.25, 0.3) is 0 Å². The molecule has 0 heterocycles. The zero-order valence-electron chi connectivity index (χ0n) is 13.0. The summed E-state index contributed by atoms with van der Waals surface area (Å²) in [7, 11) is -3.84. The lowest BCUT2D eigenvalue weighted by Gasteiger charge is -2.18. The van der Waals surface area contributed by atoms with Crippen molar-refractivity contribution in [3.8, 4) is 0 Å². The van der Waals surface area contributed by atoms with Crippen molar-refractivity contribution in [2.24, 2.45) is 10.6 Å². The summed E-state index contributed by atoms with van der Waals surface area (Å²) in [6, 6.07) is 4.29. The first kappa shape index (κ1) is 17.7. The number of carbonyl (C=O) groups excluding carboxylic acids is 1. The monoisotopic (exact) mass is 313 g/mol. The van der Waals surface area contributed by atoms with Crippen molar-refractivity contribution >= 4 is 16.0 Å². The minimum atomic E-state index is -3.84. The van der Waals surface area contributed by atoms with Crippen molar-refractivity contribution in [1.82, 2.24) is 0 Å². The average molecular weight is 313 g/mol. The summed E-state index contributed by atoms with van der Waals surface area (Å²) in [5.74, 6) is -0.512. The van der Waals surface area contributed by atoms with Gasteiger partial charge in [-0.1, -0.05) is 33.8 Å². The Hall–Kier alpha value is -1.40. The molecule has 0 saturated carbocycles. The Morgan fingerprint density at radius 2 is 1.90 bits per heavy atom. The highest BCUT2D eigenvalue weighted by atomic mass is 32.2. The minimum absolute atomic E-state index is 0.0658. The third-order valence-corrected chi connectivity index (χ3v) is 4.01. The summed E-state index contributed by atoms with van der Waals surface area (Å²) in [5, 5.41) is 5.09. The topological polar surface area (TPSA) is 86.5 Å². The Kier molecular flexibility index (Phi) is 5.53. The van der Waals surface area contributed by atoms with E-state index in [-0.39, 0.29) is 15.9 Å². The van der Waals surface area contributed by atoms with Gasteiger partial charge in [-0.2, -0.15) is 0 Å². The smallest absolute Gasteiger partial charge is 0.338 e. The molecule has 1 rings (SSSR count). The molecule has 1 aromatic rings. The van der Waals surface area contributed by atoms with Crippen LogP contribution in [0.3, 0.4) is 0 Å². The van der Waals surface area contributed by atoms with Gasteiger partial charge in [-0.05, 0) is 36.0 Å². The van der Waals surface area contributed by atoms with Gasteiger partial charge in [-0.3, -0.25) is 0 Å². The molecule has 0 aromatic heterocycles. The first-order valence-electron chi connectivity index (χ1n) is 6.87. The summed E-state index contributed by atoms with van der Waals surface area (Å²) in [5.41, 5.74) is 1.07. The van der Waals surface area contributed by atoms with Gasteiger partial charge in [0.15, 0.2) is 0 Å². The standard InChI is InChI=1S/C15H23NO4S/c1-5-11-6-7-12(21(16,18)19)10-13(11)14(17)20-9-8-15(2,3)4/h6-7,10H,5,8-9H2,1-4H3,(H2,16,18,19). The summed E-state index contributed by atoms with van der Waals surface area (Å²) in [4.78, 5) is 12.1. The Balaban J connectivity index is 2.96. The van der Waals surface area contributed by atoms with Crippen LogP contribution in [0.15, 0.2) is 23.1 Å². The lowest BCUT2D eigenvalue weighted by atomic mass is 9.93. The lowest BCUT2D eigenvalue weighted by molar-refractivity contribution is 0.0463. The fourth-order valence-electron chi connectivity index (χ4n) is 1.76. The van der Waals surface area contributed by atoms with Crippen molar-refractivity contribution in [1.29, 1.82) is 0 Å². The molecule has 0 atom stereocenters. The van der Waals surface area contributed by atoms with E-state index in [9.17, 15) is 13.2 Å². The summed E-state index contributed by atoms with van der Waals surface area (Å²) in [6.45, 7) is 8.35. The number of rotatable bonds is 5. The largest absolute Gasteiger partial charge is 0.462 e. The molecule has 1 aromatic carbocycles. The van der Waals surface area contributed by atoms with E-state index in [0.717, 1.165) is 12.0 Å². The second kappa shape index (κ2) is 6.58. The second-order valence-electron chi connectivity index (χ2n) is 6.16. The van der Waals surface area contributed by atoms with E-state index in [4.69, 9.17) is 9.88 Å². The molecule has 5 nitrogen and oxygen atoms in total. The number of ether oxygens (including phenoxy) is 1. The maximum atomic E-state index is 12.1. The maximum absolute atomic E-state index is 12.1. The molecule has 2 N–H and O–H groups in total. The predicted octanol–water partition coefficient (Wildman–Crippen LogP) is 2.49. The number of primary sulfonamides is 1. The molecular formula is C15H23NO4S. The fraction of sp³-hybridized carbons (Fsp3) is 0.533. The van der Waals surface area contributed by atoms with Gasteiger partial charge in [-0.25, -0.2) is 18.4 Å². The van der Waals surface area contributed by atoms with E-state index in [0.29, 0.717) is 13.0 Å². The highest BCUT2D eigenvalue weighted by Gasteiger charge is 2.18. The number of esters is 1. The lowest BCUT2D eigenvalue weighted by Crippen LogP contribution is -2.16. The Morgan fingerprint density at radius 3 is 2.38 bits per heavy atom. The summed E-state index contributed by atoms with van der Waals surface area (Å²) < 4.78 is 28.0. The number of carbonyl (C=O) groups is 1. The van der Waals surface area contributed by atoms with Crippen LogP contribution in [0.5, 0.6) is 0 Å². The number of aryl methyl sites for hydroxylation is 1. The van der Waals surface area contributed by atoms with E-state index < -0.39 is 16.0 Å². The number of nitrogens with two attached hydrogens (primary N) is 1. The van der Waals surface area contributed by atoms with E-state index in [1.165, 1.54) is 12.1 Å². The molecule has 0 radical (unpaired) electrons. The second-order valence-corrected chi connectivity index (χ2v) is 7.73. The molecule has 0 fully saturated rings. The summed E-state index contributed by atoms with van der Waals surface area (Å²) in [6.07, 6.45) is 1.34. The zero-order chi connectivity index (χ0) is 16.3. The van der Waals surface area contributed by atoms with Crippen LogP contribution in [0.1, 0.15) is 50.0 Å². The normalized spacial score (nSPS) is 12.2. The Labute approximate surface area is 126 Å². The van der Waals surface area contributed by atoms with E-state index in [1.54, 1.807) is 6.07 Å². The number of hydrogen-bond donors (Lipinski definition) is 1. The quantitative estimate of drug-likeness (QED) is 0.846. The fourth-order valence-corrected chi connectivity index (χ4v) is 2.30. The highest BCUT2D eigenvalue weighted by molar-refractivity contribution is 7.89. The van der Waals surface area contributed by atoms with Gasteiger partial charge in [0.25, 0.3) is 0 Å². The van der Waals surface area contributed by atoms with Crippen molar-refractivity contribution in [3.05, 3.63) is 29.3 Å². The molecule has 0 aliphatic heterocycles. The molecule has 118 valence electrons. The van der Waals surface area contributed by atoms with Crippen LogP contribution in [0, 0.1) is 5.41 Å². The van der Waals surface area contributed by atoms with E-state index in [1.807, 2.05) is 6.92 Å². The van der Waals surface area contributed by atoms with Crippen LogP contribution in [-0.2, 0) is 21.2 Å². The van der Waals surface area contributed by atoms with Crippen molar-refractivity contribution in [2.75, 3.05) is 6.61 Å². The minimum Gasteiger partial charge on any atom is -0.462 e. The molecule has 0 aliphatic carbocycles. The van der Waals surface area contributed by atoms with Gasteiger partial charge in [0.1, 0.15) is 0 Å². The highest BCUT2D eigenvalue weighted by Crippen LogP contribution is 2.20. The molecule has 0 saturated heterocycles. The first-order valence-corrected chi connectivity index (χ1v) is 8.42. The SMILES string of the molecule is CCc1ccc(S(N)(=O)=O)cc1C(=O)OCCC(C)(C)C. The number of sulfonamides is 1. The average Bonchev–Trinajstić information content (AvgIpc) is 2.35. The predicted molar refractivity (Wildman–Crippen MR) is 81.5 cm³/mol. The van der Waals surface area contributed by atoms with Gasteiger partial charge in [0.05, 0.1) is 17.1 Å². The van der Waals surface area contributed by atoms with Crippen LogP contribution in [0.2, 0.25) is 0 Å². The molecule has 0 unspecified atom stereocenters. The third-order valence-electron chi connectivity index (χ3n) is 3.10. The van der Waals surface area contributed by atoms with Crippen LogP contribution in [-0.4, -0.2) is 21.0 Å². The third kappa shape index (κ3) is 5.47. The van der Waals surface area contributed by atoms with E-state index in [2.05, 4.69) is 20.8 Å². The first-order chi connectivity index (χ1) is 9.54. The van der Waals surface area contributed by atoms with Gasteiger partial charge in [-0.15, -0.1) is 0 Å². The number of hydrogen-bond acceptors (Lipinski definition) is 4. The van der Waals surface area contributed by atoms with Crippen LogP contribution in [0.4, 0.5) is 0 Å². The van der Waals surface area contributed by atoms with E-state index >= 15 is 0 Å². The molecule has 0 aliphatic rings. The van der Waals surface area contributed by atoms with Crippen molar-refractivity contribution < 1.29 is 17.9 Å². The van der Waals surface area contributed by atoms with Crippen LogP contribution >= 0.6 is 0 Å². The Morgan fingerprint density at radius 1 is 1.29 bits per heavy atom. The van der Waals surface area contributed by atoms with Crippen molar-refractivity contribution in [3.63, 3.8) is 0 Å². The van der Waals surface area contributed by atoms with Gasteiger partial charge in [0.2, 0.25) is 10.0 Å². The molecule has 0 amide bonds. The van der Waals surface area contributed by atoms with Gasteiger partial charge in [0, 0.05) is 0 Å². The van der Waals surface area contributed by atoms with Crippen molar-refractivity contribution in [2.45, 2.75) is 45.4 Å². The molecule has 0 bridgehead atoms. The Bertz CT molecular complexity index is 615. The molecule has 6 heteroatoms. The molecule has 21 heavy (non-hydrogen) atoms. The maximum Gasteiger partial charge on any atom is 0.338 e. The van der Waals surface area contributed by atoms with Gasteiger partial charge < -0.3 is 4.74 Å². The summed E-state index contributed by atoms with van der Waals surface area (Å²) >= 11 is 0. The number of benzene rings is 1. The van der Waals surface area contributed by atoms with Gasteiger partial charge >= 0.3 is 5.97 Å². The molecular weight excluding hydrogens is 290 g/mol. The molecule has 0 spiro atoms.